The first-order valence-electron chi connectivity index (χ1n) is 9.59. The van der Waals surface area contributed by atoms with Crippen LogP contribution in [0.2, 0.25) is 0 Å². The second kappa shape index (κ2) is 8.29. The summed E-state index contributed by atoms with van der Waals surface area (Å²) < 4.78 is 47.3. The van der Waals surface area contributed by atoms with Crippen molar-refractivity contribution in [1.29, 1.82) is 0 Å². The van der Waals surface area contributed by atoms with Crippen molar-refractivity contribution in [2.75, 3.05) is 12.4 Å². The highest BCUT2D eigenvalue weighted by atomic mass is 19.4. The number of hydrogen-bond donors (Lipinski definition) is 2. The smallest absolute Gasteiger partial charge is 0.410 e. The van der Waals surface area contributed by atoms with Gasteiger partial charge in [-0.05, 0) is 29.8 Å². The number of carbonyl (C=O) groups is 1. The summed E-state index contributed by atoms with van der Waals surface area (Å²) in [5.41, 5.74) is 1.33. The van der Waals surface area contributed by atoms with Gasteiger partial charge in [0, 0.05) is 12.6 Å². The average Bonchev–Trinajstić information content (AvgIpc) is 3.21. The summed E-state index contributed by atoms with van der Waals surface area (Å²) in [4.78, 5) is 16.8. The van der Waals surface area contributed by atoms with Gasteiger partial charge < -0.3 is 15.4 Å². The maximum absolute atomic E-state index is 13.8. The fraction of sp³-hybridized carbons (Fsp3) is 0.286. The van der Waals surface area contributed by atoms with Crippen molar-refractivity contribution in [2.24, 2.45) is 0 Å². The SMILES string of the molecule is COc1ccc([C@H]2C[C@@H](C(F)(F)F)n3ncc(C(=O)NCc4ccccn4)c3N2)cc1. The molecular formula is C21H20F3N5O2. The fourth-order valence-electron chi connectivity index (χ4n) is 3.55. The zero-order valence-electron chi connectivity index (χ0n) is 16.6. The van der Waals surface area contributed by atoms with Crippen LogP contribution in [0.15, 0.2) is 54.9 Å². The number of carbonyl (C=O) groups excluding carboxylic acids is 1. The van der Waals surface area contributed by atoms with Crippen LogP contribution in [0.1, 0.15) is 40.1 Å². The van der Waals surface area contributed by atoms with Gasteiger partial charge in [0.25, 0.3) is 5.91 Å². The molecule has 0 unspecified atom stereocenters. The number of alkyl halides is 3. The number of amides is 1. The normalized spacial score (nSPS) is 18.1. The number of halogens is 3. The first kappa shape index (κ1) is 20.7. The van der Waals surface area contributed by atoms with E-state index in [9.17, 15) is 18.0 Å². The van der Waals surface area contributed by atoms with E-state index in [0.717, 1.165) is 10.9 Å². The highest BCUT2D eigenvalue weighted by molar-refractivity contribution is 5.98. The molecular weight excluding hydrogens is 411 g/mol. The van der Waals surface area contributed by atoms with Gasteiger partial charge in [-0.25, -0.2) is 4.68 Å². The number of rotatable bonds is 5. The van der Waals surface area contributed by atoms with Gasteiger partial charge in [-0.3, -0.25) is 9.78 Å². The van der Waals surface area contributed by atoms with Crippen molar-refractivity contribution in [3.8, 4) is 5.75 Å². The molecule has 7 nitrogen and oxygen atoms in total. The van der Waals surface area contributed by atoms with Gasteiger partial charge in [0.15, 0.2) is 6.04 Å². The van der Waals surface area contributed by atoms with Gasteiger partial charge in [0.05, 0.1) is 31.6 Å². The molecule has 1 aliphatic rings. The van der Waals surface area contributed by atoms with Crippen molar-refractivity contribution in [3.05, 3.63) is 71.7 Å². The van der Waals surface area contributed by atoms with E-state index in [4.69, 9.17) is 4.74 Å². The fourth-order valence-corrected chi connectivity index (χ4v) is 3.55. The monoisotopic (exact) mass is 431 g/mol. The van der Waals surface area contributed by atoms with Crippen molar-refractivity contribution in [2.45, 2.75) is 31.2 Å². The Bertz CT molecular complexity index is 1050. The van der Waals surface area contributed by atoms with Gasteiger partial charge in [0.1, 0.15) is 17.1 Å². The molecule has 0 spiro atoms. The van der Waals surface area contributed by atoms with Crippen LogP contribution in [0.25, 0.3) is 0 Å². The predicted octanol–water partition coefficient (Wildman–Crippen LogP) is 3.88. The summed E-state index contributed by atoms with van der Waals surface area (Å²) in [6.45, 7) is 0.148. The number of anilines is 1. The summed E-state index contributed by atoms with van der Waals surface area (Å²) >= 11 is 0. The predicted molar refractivity (Wildman–Crippen MR) is 107 cm³/mol. The van der Waals surface area contributed by atoms with Crippen LogP contribution in [0.5, 0.6) is 5.75 Å². The molecule has 0 saturated carbocycles. The van der Waals surface area contributed by atoms with E-state index in [1.165, 1.54) is 7.11 Å². The zero-order chi connectivity index (χ0) is 22.0. The van der Waals surface area contributed by atoms with Crippen LogP contribution in [0, 0.1) is 0 Å². The van der Waals surface area contributed by atoms with Crippen molar-refractivity contribution in [3.63, 3.8) is 0 Å². The summed E-state index contributed by atoms with van der Waals surface area (Å²) in [6.07, 6.45) is -2.02. The van der Waals surface area contributed by atoms with E-state index < -0.39 is 24.2 Å². The van der Waals surface area contributed by atoms with Gasteiger partial charge in [-0.2, -0.15) is 18.3 Å². The Morgan fingerprint density at radius 1 is 1.26 bits per heavy atom. The number of pyridine rings is 1. The maximum atomic E-state index is 13.8. The Morgan fingerprint density at radius 3 is 2.68 bits per heavy atom. The first-order chi connectivity index (χ1) is 14.9. The first-order valence-corrected chi connectivity index (χ1v) is 9.59. The van der Waals surface area contributed by atoms with E-state index >= 15 is 0 Å². The lowest BCUT2D eigenvalue weighted by Crippen LogP contribution is -2.36. The summed E-state index contributed by atoms with van der Waals surface area (Å²) in [6, 6.07) is 9.56. The minimum atomic E-state index is -4.52. The summed E-state index contributed by atoms with van der Waals surface area (Å²) in [5, 5.41) is 9.62. The third kappa shape index (κ3) is 4.32. The molecule has 1 aliphatic heterocycles. The van der Waals surface area contributed by atoms with Crippen LogP contribution in [0.4, 0.5) is 19.0 Å². The molecule has 2 aromatic heterocycles. The quantitative estimate of drug-likeness (QED) is 0.641. The molecule has 3 heterocycles. The standard InChI is InChI=1S/C21H20F3N5O2/c1-31-15-7-5-13(6-8-15)17-10-18(21(22,23)24)29-19(28-17)16(12-27-29)20(30)26-11-14-4-2-3-9-25-14/h2-9,12,17-18,28H,10-11H2,1H3,(H,26,30)/t17-,18+/m1/s1. The van der Waals surface area contributed by atoms with Crippen LogP contribution in [-0.2, 0) is 6.54 Å². The van der Waals surface area contributed by atoms with Crippen molar-refractivity contribution in [1.82, 2.24) is 20.1 Å². The minimum Gasteiger partial charge on any atom is -0.497 e. The van der Waals surface area contributed by atoms with Gasteiger partial charge in [-0.1, -0.05) is 18.2 Å². The van der Waals surface area contributed by atoms with E-state index in [-0.39, 0.29) is 24.3 Å². The van der Waals surface area contributed by atoms with Gasteiger partial charge >= 0.3 is 6.18 Å². The number of fused-ring (bicyclic) bond motifs is 1. The third-order valence-electron chi connectivity index (χ3n) is 5.16. The molecule has 4 rings (SSSR count). The third-order valence-corrected chi connectivity index (χ3v) is 5.16. The molecule has 2 atom stereocenters. The second-order valence-electron chi connectivity index (χ2n) is 7.12. The maximum Gasteiger partial charge on any atom is 0.410 e. The van der Waals surface area contributed by atoms with Crippen LogP contribution >= 0.6 is 0 Å². The van der Waals surface area contributed by atoms with E-state index in [1.54, 1.807) is 48.7 Å². The number of ether oxygens (including phenoxy) is 1. The largest absolute Gasteiger partial charge is 0.497 e. The number of hydrogen-bond acceptors (Lipinski definition) is 5. The molecule has 0 aliphatic carbocycles. The van der Waals surface area contributed by atoms with Gasteiger partial charge in [0.2, 0.25) is 0 Å². The van der Waals surface area contributed by atoms with Crippen LogP contribution in [-0.4, -0.2) is 34.0 Å². The summed E-state index contributed by atoms with van der Waals surface area (Å²) in [7, 11) is 1.52. The lowest BCUT2D eigenvalue weighted by molar-refractivity contribution is -0.173. The molecule has 2 N–H and O–H groups in total. The number of nitrogens with zero attached hydrogens (tertiary/aromatic N) is 3. The number of methoxy groups -OCH3 is 1. The van der Waals surface area contributed by atoms with E-state index in [1.807, 2.05) is 0 Å². The molecule has 0 bridgehead atoms. The summed E-state index contributed by atoms with van der Waals surface area (Å²) in [5.74, 6) is 0.107. The molecule has 0 fully saturated rings. The van der Waals surface area contributed by atoms with Crippen LogP contribution in [0.3, 0.4) is 0 Å². The van der Waals surface area contributed by atoms with Gasteiger partial charge in [-0.15, -0.1) is 0 Å². The molecule has 1 amide bonds. The molecule has 3 aromatic rings. The lowest BCUT2D eigenvalue weighted by Gasteiger charge is -2.34. The van der Waals surface area contributed by atoms with Crippen molar-refractivity contribution < 1.29 is 22.7 Å². The Hall–Kier alpha value is -3.56. The number of aromatic nitrogens is 3. The molecule has 0 radical (unpaired) electrons. The molecule has 0 saturated heterocycles. The topological polar surface area (TPSA) is 81.1 Å². The highest BCUT2D eigenvalue weighted by Gasteiger charge is 2.47. The van der Waals surface area contributed by atoms with E-state index in [2.05, 4.69) is 20.7 Å². The molecule has 31 heavy (non-hydrogen) atoms. The zero-order valence-corrected chi connectivity index (χ0v) is 16.6. The van der Waals surface area contributed by atoms with Crippen molar-refractivity contribution >= 4 is 11.7 Å². The van der Waals surface area contributed by atoms with Crippen LogP contribution < -0.4 is 15.4 Å². The highest BCUT2D eigenvalue weighted by Crippen LogP contribution is 2.44. The number of nitrogens with one attached hydrogen (secondary N) is 2. The Balaban J connectivity index is 1.61. The molecule has 10 heteroatoms. The Morgan fingerprint density at radius 2 is 2.03 bits per heavy atom. The molecule has 1 aromatic carbocycles. The number of benzene rings is 1. The minimum absolute atomic E-state index is 0.0351. The molecule has 162 valence electrons. The Labute approximate surface area is 176 Å². The average molecular weight is 431 g/mol. The lowest BCUT2D eigenvalue weighted by atomic mass is 9.96. The Kier molecular flexibility index (Phi) is 5.53. The van der Waals surface area contributed by atoms with E-state index in [0.29, 0.717) is 17.0 Å². The second-order valence-corrected chi connectivity index (χ2v) is 7.12.